The summed E-state index contributed by atoms with van der Waals surface area (Å²) < 4.78 is 5.75. The maximum absolute atomic E-state index is 11.2. The lowest BCUT2D eigenvalue weighted by Gasteiger charge is -2.52. The van der Waals surface area contributed by atoms with E-state index in [9.17, 15) is 4.79 Å². The smallest absolute Gasteiger partial charge is 0.221 e. The van der Waals surface area contributed by atoms with Gasteiger partial charge in [-0.05, 0) is 25.0 Å². The zero-order valence-electron chi connectivity index (χ0n) is 13.4. The Bertz CT molecular complexity index is 499. The van der Waals surface area contributed by atoms with Crippen LogP contribution in [0.15, 0.2) is 24.3 Å². The lowest BCUT2D eigenvalue weighted by atomic mass is 9.64. The van der Waals surface area contributed by atoms with Gasteiger partial charge < -0.3 is 15.4 Å². The monoisotopic (exact) mass is 290 g/mol. The molecule has 0 spiro atoms. The number of rotatable bonds is 6. The molecule has 1 aromatic rings. The van der Waals surface area contributed by atoms with Gasteiger partial charge in [-0.2, -0.15) is 0 Å². The highest BCUT2D eigenvalue weighted by Crippen LogP contribution is 2.42. The van der Waals surface area contributed by atoms with E-state index in [0.717, 1.165) is 30.8 Å². The molecule has 4 nitrogen and oxygen atoms in total. The lowest BCUT2D eigenvalue weighted by molar-refractivity contribution is -0.114. The van der Waals surface area contributed by atoms with Crippen molar-refractivity contribution in [1.29, 1.82) is 0 Å². The number of nitrogens with one attached hydrogen (secondary N) is 2. The van der Waals surface area contributed by atoms with Crippen molar-refractivity contribution in [3.63, 3.8) is 0 Å². The van der Waals surface area contributed by atoms with Gasteiger partial charge in [0.15, 0.2) is 0 Å². The van der Waals surface area contributed by atoms with Gasteiger partial charge in [-0.1, -0.05) is 32.0 Å². The number of para-hydroxylation sites is 1. The third kappa shape index (κ3) is 3.63. The summed E-state index contributed by atoms with van der Waals surface area (Å²) in [5.41, 5.74) is 2.15. The van der Waals surface area contributed by atoms with Gasteiger partial charge in [0.2, 0.25) is 5.91 Å². The predicted octanol–water partition coefficient (Wildman–Crippen LogP) is 2.94. The van der Waals surface area contributed by atoms with Gasteiger partial charge in [0.1, 0.15) is 0 Å². The van der Waals surface area contributed by atoms with Crippen molar-refractivity contribution in [2.45, 2.75) is 52.8 Å². The van der Waals surface area contributed by atoms with Crippen molar-refractivity contribution in [2.75, 3.05) is 11.9 Å². The van der Waals surface area contributed by atoms with E-state index in [1.807, 2.05) is 31.2 Å². The molecular formula is C17H26N2O2. The summed E-state index contributed by atoms with van der Waals surface area (Å²) in [5.74, 6) is -0.0390. The van der Waals surface area contributed by atoms with Crippen LogP contribution in [0.25, 0.3) is 0 Å². The van der Waals surface area contributed by atoms with E-state index >= 15 is 0 Å². The standard InChI is InChI=1S/C17H26N2O2/c1-5-21-16-10-15(17(16,3)4)18-11-13-8-6-7-9-14(13)19-12(2)20/h6-9,15-16,18H,5,10-11H2,1-4H3,(H,19,20). The third-order valence-electron chi connectivity index (χ3n) is 4.41. The van der Waals surface area contributed by atoms with Gasteiger partial charge >= 0.3 is 0 Å². The fourth-order valence-corrected chi connectivity index (χ4v) is 2.94. The maximum Gasteiger partial charge on any atom is 0.221 e. The zero-order chi connectivity index (χ0) is 15.5. The van der Waals surface area contributed by atoms with Crippen molar-refractivity contribution in [3.8, 4) is 0 Å². The van der Waals surface area contributed by atoms with E-state index in [2.05, 4.69) is 24.5 Å². The maximum atomic E-state index is 11.2. The van der Waals surface area contributed by atoms with Gasteiger partial charge in [0, 0.05) is 37.2 Å². The van der Waals surface area contributed by atoms with Gasteiger partial charge in [0.25, 0.3) is 0 Å². The number of carbonyl (C=O) groups excluding carboxylic acids is 1. The summed E-state index contributed by atoms with van der Waals surface area (Å²) in [6.45, 7) is 9.59. The van der Waals surface area contributed by atoms with Gasteiger partial charge in [-0.3, -0.25) is 4.79 Å². The fraction of sp³-hybridized carbons (Fsp3) is 0.588. The van der Waals surface area contributed by atoms with Gasteiger partial charge in [0.05, 0.1) is 6.10 Å². The van der Waals surface area contributed by atoms with Crippen LogP contribution in [0.2, 0.25) is 0 Å². The molecule has 0 heterocycles. The first kappa shape index (κ1) is 16.0. The van der Waals surface area contributed by atoms with E-state index in [4.69, 9.17) is 4.74 Å². The van der Waals surface area contributed by atoms with Crippen LogP contribution in [-0.2, 0) is 16.1 Å². The van der Waals surface area contributed by atoms with Crippen molar-refractivity contribution < 1.29 is 9.53 Å². The van der Waals surface area contributed by atoms with Crippen molar-refractivity contribution >= 4 is 11.6 Å². The number of ether oxygens (including phenoxy) is 1. The second kappa shape index (κ2) is 6.58. The van der Waals surface area contributed by atoms with Crippen LogP contribution < -0.4 is 10.6 Å². The average molecular weight is 290 g/mol. The molecule has 0 saturated heterocycles. The third-order valence-corrected chi connectivity index (χ3v) is 4.41. The molecule has 1 amide bonds. The number of benzene rings is 1. The Kier molecular flexibility index (Phi) is 5.01. The summed E-state index contributed by atoms with van der Waals surface area (Å²) in [4.78, 5) is 11.2. The largest absolute Gasteiger partial charge is 0.378 e. The SMILES string of the molecule is CCOC1CC(NCc2ccccc2NC(C)=O)C1(C)C. The quantitative estimate of drug-likeness (QED) is 0.847. The van der Waals surface area contributed by atoms with Crippen molar-refractivity contribution in [2.24, 2.45) is 5.41 Å². The Hall–Kier alpha value is -1.39. The van der Waals surface area contributed by atoms with Gasteiger partial charge in [-0.25, -0.2) is 0 Å². The average Bonchev–Trinajstić information content (AvgIpc) is 2.43. The van der Waals surface area contributed by atoms with Crippen LogP contribution in [0.5, 0.6) is 0 Å². The minimum Gasteiger partial charge on any atom is -0.378 e. The molecule has 1 aliphatic carbocycles. The first-order valence-corrected chi connectivity index (χ1v) is 7.65. The number of hydrogen-bond acceptors (Lipinski definition) is 3. The molecule has 2 N–H and O–H groups in total. The molecule has 21 heavy (non-hydrogen) atoms. The van der Waals surface area contributed by atoms with Crippen LogP contribution in [0.4, 0.5) is 5.69 Å². The highest BCUT2D eigenvalue weighted by atomic mass is 16.5. The molecule has 0 bridgehead atoms. The first-order chi connectivity index (χ1) is 9.95. The van der Waals surface area contributed by atoms with Crippen LogP contribution >= 0.6 is 0 Å². The number of anilines is 1. The number of amides is 1. The second-order valence-corrected chi connectivity index (χ2v) is 6.27. The molecule has 2 unspecified atom stereocenters. The van der Waals surface area contributed by atoms with E-state index < -0.39 is 0 Å². The Morgan fingerprint density at radius 1 is 1.38 bits per heavy atom. The highest BCUT2D eigenvalue weighted by molar-refractivity contribution is 5.89. The highest BCUT2D eigenvalue weighted by Gasteiger charge is 2.48. The molecule has 0 radical (unpaired) electrons. The van der Waals surface area contributed by atoms with E-state index in [1.165, 1.54) is 6.92 Å². The minimum absolute atomic E-state index is 0.0390. The first-order valence-electron chi connectivity index (χ1n) is 7.65. The summed E-state index contributed by atoms with van der Waals surface area (Å²) in [6, 6.07) is 8.36. The van der Waals surface area contributed by atoms with Crippen molar-refractivity contribution in [3.05, 3.63) is 29.8 Å². The molecule has 1 fully saturated rings. The molecule has 1 aliphatic rings. The second-order valence-electron chi connectivity index (χ2n) is 6.27. The topological polar surface area (TPSA) is 50.4 Å². The minimum atomic E-state index is -0.0390. The van der Waals surface area contributed by atoms with Crippen LogP contribution in [0.3, 0.4) is 0 Å². The molecule has 0 aromatic heterocycles. The molecule has 2 atom stereocenters. The van der Waals surface area contributed by atoms with Crippen LogP contribution in [0, 0.1) is 5.41 Å². The Morgan fingerprint density at radius 2 is 2.10 bits per heavy atom. The van der Waals surface area contributed by atoms with E-state index in [1.54, 1.807) is 0 Å². The molecule has 2 rings (SSSR count). The summed E-state index contributed by atoms with van der Waals surface area (Å²) >= 11 is 0. The fourth-order valence-electron chi connectivity index (χ4n) is 2.94. The molecule has 116 valence electrons. The molecule has 1 saturated carbocycles. The Morgan fingerprint density at radius 3 is 2.71 bits per heavy atom. The predicted molar refractivity (Wildman–Crippen MR) is 85.2 cm³/mol. The normalized spacial score (nSPS) is 23.4. The van der Waals surface area contributed by atoms with Gasteiger partial charge in [-0.15, -0.1) is 0 Å². The lowest BCUT2D eigenvalue weighted by Crippen LogP contribution is -2.60. The number of hydrogen-bond donors (Lipinski definition) is 2. The summed E-state index contributed by atoms with van der Waals surface area (Å²) in [6.07, 6.45) is 1.38. The van der Waals surface area contributed by atoms with Crippen LogP contribution in [0.1, 0.15) is 39.7 Å². The Labute approximate surface area is 127 Å². The molecular weight excluding hydrogens is 264 g/mol. The van der Waals surface area contributed by atoms with Crippen LogP contribution in [-0.4, -0.2) is 24.7 Å². The summed E-state index contributed by atoms with van der Waals surface area (Å²) in [5, 5.41) is 6.48. The number of carbonyl (C=O) groups is 1. The van der Waals surface area contributed by atoms with Crippen molar-refractivity contribution in [1.82, 2.24) is 5.32 Å². The zero-order valence-corrected chi connectivity index (χ0v) is 13.4. The molecule has 4 heteroatoms. The Balaban J connectivity index is 1.94. The van der Waals surface area contributed by atoms with E-state index in [-0.39, 0.29) is 11.3 Å². The summed E-state index contributed by atoms with van der Waals surface area (Å²) in [7, 11) is 0. The molecule has 0 aliphatic heterocycles. The molecule has 1 aromatic carbocycles. The van der Waals surface area contributed by atoms with E-state index in [0.29, 0.717) is 12.1 Å².